The summed E-state index contributed by atoms with van der Waals surface area (Å²) < 4.78 is 55.1. The van der Waals surface area contributed by atoms with Crippen LogP contribution in [0.4, 0.5) is 17.1 Å². The van der Waals surface area contributed by atoms with E-state index in [0.717, 1.165) is 92.9 Å². The quantitative estimate of drug-likeness (QED) is 0.144. The normalized spacial score (nSPS) is 14.4. The molecule has 0 amide bonds. The van der Waals surface area contributed by atoms with E-state index in [2.05, 4.69) is 181 Å². The fourth-order valence-electron chi connectivity index (χ4n) is 11.9. The predicted octanol–water partition coefficient (Wildman–Crippen LogP) is 19.3. The van der Waals surface area contributed by atoms with Gasteiger partial charge in [0.1, 0.15) is 0 Å². The third kappa shape index (κ3) is 6.31. The van der Waals surface area contributed by atoms with E-state index >= 15 is 0 Å². The highest BCUT2D eigenvalue weighted by atomic mass is 32.1. The van der Waals surface area contributed by atoms with Crippen LogP contribution in [-0.4, -0.2) is 0 Å². The molecule has 334 valence electrons. The van der Waals surface area contributed by atoms with Crippen LogP contribution in [0.3, 0.4) is 0 Å². The smallest absolute Gasteiger partial charge is 0.0713 e. The van der Waals surface area contributed by atoms with E-state index in [9.17, 15) is 0 Å². The molecule has 0 saturated carbocycles. The van der Waals surface area contributed by atoms with Gasteiger partial charge in [-0.3, -0.25) is 0 Å². The maximum Gasteiger partial charge on any atom is 0.0713 e. The molecule has 0 bridgehead atoms. The number of anilines is 3. The summed E-state index contributed by atoms with van der Waals surface area (Å²) in [5.74, 6) is 0. The van der Waals surface area contributed by atoms with Gasteiger partial charge in [0, 0.05) is 45.3 Å². The number of thiophene rings is 1. The number of rotatable bonds is 7. The monoisotopic (exact) mass is 927 g/mol. The topological polar surface area (TPSA) is 3.24 Å². The maximum atomic E-state index is 9.05. The second-order valence-corrected chi connectivity index (χ2v) is 19.7. The minimum atomic E-state index is -2.48. The number of hydrogen-bond donors (Lipinski definition) is 0. The average Bonchev–Trinajstić information content (AvgIpc) is 4.16. The van der Waals surface area contributed by atoms with Crippen molar-refractivity contribution in [3.05, 3.63) is 282 Å². The first kappa shape index (κ1) is 35.5. The largest absolute Gasteiger partial charge is 0.310 e. The zero-order valence-corrected chi connectivity index (χ0v) is 39.3. The lowest BCUT2D eigenvalue weighted by atomic mass is 9.67. The van der Waals surface area contributed by atoms with Gasteiger partial charge in [0.2, 0.25) is 0 Å². The highest BCUT2D eigenvalue weighted by molar-refractivity contribution is 7.26. The van der Waals surface area contributed by atoms with E-state index in [1.165, 1.54) is 32.3 Å². The molecular formula is C69H47NS. The Morgan fingerprint density at radius 3 is 1.62 bits per heavy atom. The first-order valence-corrected chi connectivity index (χ1v) is 25.0. The van der Waals surface area contributed by atoms with Crippen LogP contribution < -0.4 is 4.90 Å². The van der Waals surface area contributed by atoms with Gasteiger partial charge in [0.25, 0.3) is 0 Å². The molecule has 1 aromatic heterocycles. The fourth-order valence-corrected chi connectivity index (χ4v) is 13.2. The van der Waals surface area contributed by atoms with Crippen molar-refractivity contribution in [2.45, 2.75) is 19.1 Å². The highest BCUT2D eigenvalue weighted by Crippen LogP contribution is 2.60. The molecule has 0 aliphatic heterocycles. The lowest BCUT2D eigenvalue weighted by Gasteiger charge is -2.34. The van der Waals surface area contributed by atoms with Gasteiger partial charge in [-0.05, 0) is 132 Å². The predicted molar refractivity (Wildman–Crippen MR) is 304 cm³/mol. The number of fused-ring (bicyclic) bond motifs is 12. The second kappa shape index (κ2) is 16.3. The van der Waals surface area contributed by atoms with Gasteiger partial charge >= 0.3 is 0 Å². The Balaban J connectivity index is 1.04. The van der Waals surface area contributed by atoms with Gasteiger partial charge in [-0.25, -0.2) is 0 Å². The third-order valence-electron chi connectivity index (χ3n) is 14.9. The molecule has 13 aromatic rings. The molecule has 0 atom stereocenters. The lowest BCUT2D eigenvalue weighted by Crippen LogP contribution is -2.28. The molecule has 0 N–H and O–H groups in total. The van der Waals surface area contributed by atoms with Crippen LogP contribution >= 0.6 is 11.3 Å². The van der Waals surface area contributed by atoms with Gasteiger partial charge in [-0.15, -0.1) is 11.3 Å². The van der Waals surface area contributed by atoms with E-state index in [4.69, 9.17) is 8.22 Å². The molecule has 14 rings (SSSR count). The summed E-state index contributed by atoms with van der Waals surface area (Å²) in [6, 6.07) is 86.0. The molecule has 1 aliphatic rings. The van der Waals surface area contributed by atoms with E-state index in [1.807, 2.05) is 66.7 Å². The summed E-state index contributed by atoms with van der Waals surface area (Å²) in [6.45, 7) is -4.86. The minimum absolute atomic E-state index is 0.215. The lowest BCUT2D eigenvalue weighted by molar-refractivity contribution is 0.767. The summed E-state index contributed by atoms with van der Waals surface area (Å²) in [4.78, 5) is 2.39. The molecule has 71 heavy (non-hydrogen) atoms. The van der Waals surface area contributed by atoms with E-state index in [-0.39, 0.29) is 11.1 Å². The zero-order chi connectivity index (χ0) is 52.2. The molecule has 0 fully saturated rings. The summed E-state index contributed by atoms with van der Waals surface area (Å²) in [7, 11) is 0. The van der Waals surface area contributed by atoms with E-state index in [1.54, 1.807) is 17.4 Å². The summed E-state index contributed by atoms with van der Waals surface area (Å²) in [5, 5.41) is 9.33. The molecule has 1 heterocycles. The Morgan fingerprint density at radius 1 is 0.380 bits per heavy atom. The van der Waals surface area contributed by atoms with Crippen molar-refractivity contribution in [1.29, 1.82) is 0 Å². The Labute approximate surface area is 426 Å². The summed E-state index contributed by atoms with van der Waals surface area (Å²) in [5.41, 5.74) is 11.6. The first-order chi connectivity index (χ1) is 37.5. The molecule has 1 nitrogen and oxygen atoms in total. The fraction of sp³-hybridized carbons (Fsp3) is 0.0435. The van der Waals surface area contributed by atoms with Crippen LogP contribution in [0.2, 0.25) is 0 Å². The van der Waals surface area contributed by atoms with Gasteiger partial charge in [0.15, 0.2) is 0 Å². The minimum Gasteiger partial charge on any atom is -0.310 e. The zero-order valence-electron chi connectivity index (χ0n) is 44.5. The van der Waals surface area contributed by atoms with Gasteiger partial charge in [0.05, 0.1) is 11.1 Å². The SMILES string of the molecule is [2H]C([2H])([2H])c1ccc2c(c1)C(c1ccccc1)(c1ccccc1)c1cc(C([2H])([2H])[2H])cc(-c3cccc4c3sc3cccc(N(c5ccc(-c6ccccc6)cc5)c5ccc6c7ccccc7c7ccccc7c6c5)c34)c1-2. The first-order valence-electron chi connectivity index (χ1n) is 27.2. The number of aryl methyl sites for hydroxylation is 2. The van der Waals surface area contributed by atoms with Crippen LogP contribution in [0.15, 0.2) is 249 Å². The van der Waals surface area contributed by atoms with Crippen LogP contribution in [-0.2, 0) is 5.41 Å². The molecule has 0 unspecified atom stereocenters. The average molecular weight is 928 g/mol. The summed E-state index contributed by atoms with van der Waals surface area (Å²) >= 11 is 1.71. The van der Waals surface area contributed by atoms with Crippen LogP contribution in [0.5, 0.6) is 0 Å². The van der Waals surface area contributed by atoms with Crippen LogP contribution in [0.1, 0.15) is 41.6 Å². The number of benzene rings is 12. The van der Waals surface area contributed by atoms with E-state index < -0.39 is 19.1 Å². The molecule has 0 saturated heterocycles. The van der Waals surface area contributed by atoms with Crippen LogP contribution in [0, 0.1) is 13.7 Å². The van der Waals surface area contributed by atoms with Crippen molar-refractivity contribution >= 4 is 80.9 Å². The van der Waals surface area contributed by atoms with Crippen molar-refractivity contribution < 1.29 is 8.22 Å². The van der Waals surface area contributed by atoms with Gasteiger partial charge in [-0.1, -0.05) is 223 Å². The third-order valence-corrected chi connectivity index (χ3v) is 16.1. The molecule has 12 aromatic carbocycles. The Hall–Kier alpha value is -8.56. The van der Waals surface area contributed by atoms with Crippen LogP contribution in [0.25, 0.3) is 85.9 Å². The molecule has 0 spiro atoms. The standard InChI is InChI=1S/C69H47NS/c1-44-32-38-58-62(41-44)69(48-20-8-4-9-21-48,49-22-10-5-11-23-49)63-42-45(2)40-61(66(58)63)57-28-16-29-59-67-64(30-17-31-65(67)71-68(57)59)70(50-35-33-47(34-36-50)46-18-6-3-7-19-46)51-37-39-56-54-26-13-12-24-52(54)53-25-14-15-27-55(53)60(56)43-51/h3-43H,1-2H3/i1D3,2D3. The van der Waals surface area contributed by atoms with Crippen molar-refractivity contribution in [3.63, 3.8) is 0 Å². The number of nitrogens with zero attached hydrogens (tertiary/aromatic N) is 1. The highest BCUT2D eigenvalue weighted by Gasteiger charge is 2.47. The van der Waals surface area contributed by atoms with Crippen molar-refractivity contribution in [1.82, 2.24) is 0 Å². The van der Waals surface area contributed by atoms with Crippen molar-refractivity contribution in [3.8, 4) is 33.4 Å². The van der Waals surface area contributed by atoms with Crippen molar-refractivity contribution in [2.24, 2.45) is 0 Å². The van der Waals surface area contributed by atoms with Gasteiger partial charge in [-0.2, -0.15) is 0 Å². The van der Waals surface area contributed by atoms with Crippen molar-refractivity contribution in [2.75, 3.05) is 4.90 Å². The maximum absolute atomic E-state index is 9.05. The second-order valence-electron chi connectivity index (χ2n) is 18.7. The molecule has 1 aliphatic carbocycles. The van der Waals surface area contributed by atoms with E-state index in [0.29, 0.717) is 0 Å². The molecule has 2 heteroatoms. The Morgan fingerprint density at radius 2 is 0.944 bits per heavy atom. The Kier molecular flexibility index (Phi) is 8.15. The Bertz CT molecular complexity index is 4390. The van der Waals surface area contributed by atoms with Gasteiger partial charge < -0.3 is 4.90 Å². The number of hydrogen-bond acceptors (Lipinski definition) is 2. The molecule has 0 radical (unpaired) electrons. The summed E-state index contributed by atoms with van der Waals surface area (Å²) in [6.07, 6.45) is 0. The molecular weight excluding hydrogens is 875 g/mol.